The third-order valence-electron chi connectivity index (χ3n) is 2.57. The fourth-order valence-electron chi connectivity index (χ4n) is 1.63. The predicted molar refractivity (Wildman–Crippen MR) is 76.1 cm³/mol. The van der Waals surface area contributed by atoms with Crippen LogP contribution in [0.25, 0.3) is 6.08 Å². The highest BCUT2D eigenvalue weighted by Crippen LogP contribution is 2.11. The molecule has 5 heteroatoms. The van der Waals surface area contributed by atoms with Crippen molar-refractivity contribution in [1.82, 2.24) is 0 Å². The van der Waals surface area contributed by atoms with Crippen LogP contribution in [0, 0.1) is 6.92 Å². The predicted octanol–water partition coefficient (Wildman–Crippen LogP) is 2.34. The molecule has 0 bridgehead atoms. The van der Waals surface area contributed by atoms with Gasteiger partial charge in [-0.2, -0.15) is 0 Å². The molecule has 2 rings (SSSR count). The normalized spacial score (nSPS) is 10.7. The summed E-state index contributed by atoms with van der Waals surface area (Å²) >= 11 is 0. The molecule has 0 saturated carbocycles. The van der Waals surface area contributed by atoms with E-state index in [4.69, 9.17) is 10.2 Å². The molecule has 0 saturated heterocycles. The minimum atomic E-state index is -0.539. The molecule has 20 heavy (non-hydrogen) atoms. The van der Waals surface area contributed by atoms with Crippen molar-refractivity contribution in [2.45, 2.75) is 6.92 Å². The maximum atomic E-state index is 11.7. The molecule has 0 atom stereocenters. The first-order chi connectivity index (χ1) is 9.54. The van der Waals surface area contributed by atoms with Crippen LogP contribution in [0.5, 0.6) is 0 Å². The van der Waals surface area contributed by atoms with Crippen LogP contribution in [0.2, 0.25) is 0 Å². The quantitative estimate of drug-likeness (QED) is 0.836. The lowest BCUT2D eigenvalue weighted by Gasteiger charge is -2.03. The smallest absolute Gasteiger partial charge is 0.248 e. The van der Waals surface area contributed by atoms with Crippen molar-refractivity contribution in [2.24, 2.45) is 5.73 Å². The van der Waals surface area contributed by atoms with Gasteiger partial charge >= 0.3 is 0 Å². The molecule has 0 spiro atoms. The topological polar surface area (TPSA) is 85.3 Å². The molecule has 2 amide bonds. The Bertz CT molecular complexity index is 671. The van der Waals surface area contributed by atoms with E-state index < -0.39 is 5.91 Å². The van der Waals surface area contributed by atoms with Gasteiger partial charge in [-0.25, -0.2) is 0 Å². The number of anilines is 1. The first kappa shape index (κ1) is 13.6. The van der Waals surface area contributed by atoms with Crippen LogP contribution in [-0.4, -0.2) is 11.8 Å². The van der Waals surface area contributed by atoms with Gasteiger partial charge in [0.2, 0.25) is 11.8 Å². The molecular formula is C15H14N2O3. The molecule has 0 aliphatic heterocycles. The highest BCUT2D eigenvalue weighted by atomic mass is 16.3. The van der Waals surface area contributed by atoms with Crippen LogP contribution in [-0.2, 0) is 4.79 Å². The summed E-state index contributed by atoms with van der Waals surface area (Å²) in [7, 11) is 0. The lowest BCUT2D eigenvalue weighted by atomic mass is 10.2. The molecule has 2 aromatic rings. The molecule has 3 N–H and O–H groups in total. The second-order valence-corrected chi connectivity index (χ2v) is 4.22. The summed E-state index contributed by atoms with van der Waals surface area (Å²) in [5, 5.41) is 2.64. The zero-order valence-electron chi connectivity index (χ0n) is 10.9. The average Bonchev–Trinajstić information content (AvgIpc) is 2.82. The van der Waals surface area contributed by atoms with E-state index in [-0.39, 0.29) is 5.91 Å². The summed E-state index contributed by atoms with van der Waals surface area (Å²) < 4.78 is 5.31. The number of hydrogen-bond donors (Lipinski definition) is 2. The van der Waals surface area contributed by atoms with Crippen molar-refractivity contribution in [3.63, 3.8) is 0 Å². The van der Waals surface area contributed by atoms with Crippen molar-refractivity contribution in [3.05, 3.63) is 59.6 Å². The lowest BCUT2D eigenvalue weighted by Crippen LogP contribution is -2.12. The molecule has 1 aromatic carbocycles. The number of nitrogens with two attached hydrogens (primary N) is 1. The van der Waals surface area contributed by atoms with Crippen LogP contribution in [0.15, 0.2) is 46.9 Å². The van der Waals surface area contributed by atoms with Crippen molar-refractivity contribution in [1.29, 1.82) is 0 Å². The molecule has 0 unspecified atom stereocenters. The third kappa shape index (κ3) is 3.58. The van der Waals surface area contributed by atoms with Gasteiger partial charge in [-0.1, -0.05) is 6.07 Å². The number of hydrogen-bond acceptors (Lipinski definition) is 3. The molecule has 5 nitrogen and oxygen atoms in total. The van der Waals surface area contributed by atoms with Gasteiger partial charge in [-0.15, -0.1) is 0 Å². The van der Waals surface area contributed by atoms with Crippen LogP contribution in [0.3, 0.4) is 0 Å². The van der Waals surface area contributed by atoms with Gasteiger partial charge in [-0.3, -0.25) is 9.59 Å². The number of primary amides is 1. The maximum Gasteiger partial charge on any atom is 0.248 e. The number of carbonyl (C=O) groups excluding carboxylic acids is 2. The van der Waals surface area contributed by atoms with Gasteiger partial charge in [0.05, 0.1) is 0 Å². The van der Waals surface area contributed by atoms with E-state index in [9.17, 15) is 9.59 Å². The summed E-state index contributed by atoms with van der Waals surface area (Å²) in [6.45, 7) is 1.83. The molecule has 0 radical (unpaired) electrons. The van der Waals surface area contributed by atoms with Crippen LogP contribution < -0.4 is 11.1 Å². The molecule has 0 aliphatic carbocycles. The number of rotatable bonds is 4. The summed E-state index contributed by atoms with van der Waals surface area (Å²) in [5.41, 5.74) is 6.02. The van der Waals surface area contributed by atoms with Crippen molar-refractivity contribution >= 4 is 23.6 Å². The molecular weight excluding hydrogens is 256 g/mol. The Kier molecular flexibility index (Phi) is 4.00. The van der Waals surface area contributed by atoms with E-state index >= 15 is 0 Å². The fourth-order valence-corrected chi connectivity index (χ4v) is 1.63. The Balaban J connectivity index is 2.02. The summed E-state index contributed by atoms with van der Waals surface area (Å²) in [6.07, 6.45) is 2.93. The molecule has 0 fully saturated rings. The highest BCUT2D eigenvalue weighted by molar-refractivity contribution is 6.02. The van der Waals surface area contributed by atoms with Gasteiger partial charge in [0, 0.05) is 17.3 Å². The summed E-state index contributed by atoms with van der Waals surface area (Å²) in [4.78, 5) is 22.8. The first-order valence-electron chi connectivity index (χ1n) is 6.00. The largest absolute Gasteiger partial charge is 0.462 e. The van der Waals surface area contributed by atoms with E-state index in [2.05, 4.69) is 5.32 Å². The summed E-state index contributed by atoms with van der Waals surface area (Å²) in [5.74, 6) is 0.520. The van der Waals surface area contributed by atoms with Crippen molar-refractivity contribution < 1.29 is 14.0 Å². The van der Waals surface area contributed by atoms with Crippen molar-refractivity contribution in [3.8, 4) is 0 Å². The maximum absolute atomic E-state index is 11.7. The number of benzene rings is 1. The SMILES string of the molecule is Cc1ccc(C=CC(=O)Nc2cccc(C(N)=O)c2)o1. The molecule has 102 valence electrons. The Morgan fingerprint density at radius 2 is 2.05 bits per heavy atom. The van der Waals surface area contributed by atoms with Crippen LogP contribution >= 0.6 is 0 Å². The fraction of sp³-hybridized carbons (Fsp3) is 0.0667. The minimum Gasteiger partial charge on any atom is -0.462 e. The summed E-state index contributed by atoms with van der Waals surface area (Å²) in [6, 6.07) is 10.0. The lowest BCUT2D eigenvalue weighted by molar-refractivity contribution is -0.111. The Morgan fingerprint density at radius 1 is 1.25 bits per heavy atom. The standard InChI is InChI=1S/C15H14N2O3/c1-10-5-6-13(20-10)7-8-14(18)17-12-4-2-3-11(9-12)15(16)19/h2-9H,1H3,(H2,16,19)(H,17,18). The number of nitrogens with one attached hydrogen (secondary N) is 1. The molecule has 1 heterocycles. The Morgan fingerprint density at radius 3 is 2.70 bits per heavy atom. The second-order valence-electron chi connectivity index (χ2n) is 4.22. The minimum absolute atomic E-state index is 0.319. The van der Waals surface area contributed by atoms with E-state index in [0.29, 0.717) is 17.0 Å². The van der Waals surface area contributed by atoms with Gasteiger partial charge in [0.15, 0.2) is 0 Å². The van der Waals surface area contributed by atoms with Crippen molar-refractivity contribution in [2.75, 3.05) is 5.32 Å². The number of aryl methyl sites for hydroxylation is 1. The average molecular weight is 270 g/mol. The first-order valence-corrected chi connectivity index (χ1v) is 6.00. The molecule has 1 aromatic heterocycles. The van der Waals surface area contributed by atoms with E-state index in [0.717, 1.165) is 5.76 Å². The van der Waals surface area contributed by atoms with Gasteiger partial charge in [0.1, 0.15) is 11.5 Å². The zero-order valence-corrected chi connectivity index (χ0v) is 10.9. The van der Waals surface area contributed by atoms with Crippen LogP contribution in [0.4, 0.5) is 5.69 Å². The van der Waals surface area contributed by atoms with Gasteiger partial charge < -0.3 is 15.5 Å². The van der Waals surface area contributed by atoms with E-state index in [1.807, 2.05) is 13.0 Å². The zero-order chi connectivity index (χ0) is 14.5. The number of amides is 2. The Labute approximate surface area is 116 Å². The monoisotopic (exact) mass is 270 g/mol. The van der Waals surface area contributed by atoms with Crippen LogP contribution in [0.1, 0.15) is 21.9 Å². The molecule has 0 aliphatic rings. The number of furan rings is 1. The van der Waals surface area contributed by atoms with Gasteiger partial charge in [-0.05, 0) is 43.3 Å². The Hall–Kier alpha value is -2.82. The second kappa shape index (κ2) is 5.88. The highest BCUT2D eigenvalue weighted by Gasteiger charge is 2.03. The van der Waals surface area contributed by atoms with E-state index in [1.54, 1.807) is 30.3 Å². The third-order valence-corrected chi connectivity index (χ3v) is 2.57. The number of carbonyl (C=O) groups is 2. The van der Waals surface area contributed by atoms with E-state index in [1.165, 1.54) is 12.1 Å². The van der Waals surface area contributed by atoms with Gasteiger partial charge in [0.25, 0.3) is 0 Å².